The van der Waals surface area contributed by atoms with Gasteiger partial charge in [0.25, 0.3) is 0 Å². The third kappa shape index (κ3) is 2.34. The van der Waals surface area contributed by atoms with Crippen LogP contribution in [0.1, 0.15) is 50.4 Å². The number of rotatable bonds is 0. The highest BCUT2D eigenvalue weighted by molar-refractivity contribution is 5.94. The van der Waals surface area contributed by atoms with Crippen LogP contribution in [0, 0.1) is 5.92 Å². The second-order valence-electron chi connectivity index (χ2n) is 10.9. The molecule has 166 valence electrons. The van der Waals surface area contributed by atoms with E-state index in [-0.39, 0.29) is 0 Å². The summed E-state index contributed by atoms with van der Waals surface area (Å²) in [5.74, 6) is 1.08. The SMILES string of the molecule is C1=CC2Cc3ccc4c(c3C2C=C1)N1c2cc3c(cc2Cc2cccc(c21)C4)Cc1ccccc1-3. The van der Waals surface area contributed by atoms with E-state index < -0.39 is 0 Å². The lowest BCUT2D eigenvalue weighted by Crippen LogP contribution is -2.26. The summed E-state index contributed by atoms with van der Waals surface area (Å²) in [5.41, 5.74) is 19.1. The number of hydrogen-bond donors (Lipinski definition) is 0. The molecule has 2 heterocycles. The van der Waals surface area contributed by atoms with Gasteiger partial charge in [0.05, 0.1) is 17.1 Å². The fourth-order valence-electron chi connectivity index (χ4n) is 7.62. The molecule has 0 spiro atoms. The van der Waals surface area contributed by atoms with E-state index in [1.807, 2.05) is 0 Å². The van der Waals surface area contributed by atoms with E-state index in [1.165, 1.54) is 67.1 Å². The number of para-hydroxylation sites is 1. The molecule has 0 aromatic heterocycles. The highest BCUT2D eigenvalue weighted by Gasteiger charge is 2.40. The van der Waals surface area contributed by atoms with Crippen LogP contribution in [0.4, 0.5) is 17.1 Å². The Labute approximate surface area is 206 Å². The van der Waals surface area contributed by atoms with Crippen molar-refractivity contribution in [3.05, 3.63) is 136 Å². The van der Waals surface area contributed by atoms with Gasteiger partial charge in [0.1, 0.15) is 0 Å². The third-order valence-corrected chi connectivity index (χ3v) is 9.07. The summed E-state index contributed by atoms with van der Waals surface area (Å²) in [5, 5.41) is 0. The molecule has 1 heteroatoms. The Hall–Kier alpha value is -3.84. The molecule has 0 bridgehead atoms. The van der Waals surface area contributed by atoms with E-state index in [0.717, 1.165) is 25.7 Å². The Morgan fingerprint density at radius 3 is 2.26 bits per heavy atom. The second-order valence-corrected chi connectivity index (χ2v) is 10.9. The number of fused-ring (bicyclic) bond motifs is 11. The van der Waals surface area contributed by atoms with Gasteiger partial charge in [0.15, 0.2) is 0 Å². The van der Waals surface area contributed by atoms with Crippen molar-refractivity contribution in [1.29, 1.82) is 0 Å². The normalized spacial score (nSPS) is 21.0. The summed E-state index contributed by atoms with van der Waals surface area (Å²) in [6.45, 7) is 0. The number of hydrogen-bond acceptors (Lipinski definition) is 1. The molecule has 3 aliphatic carbocycles. The number of allylic oxidation sites excluding steroid dienone is 4. The molecule has 5 aliphatic rings. The number of anilines is 3. The third-order valence-electron chi connectivity index (χ3n) is 9.07. The molecule has 0 N–H and O–H groups in total. The minimum Gasteiger partial charge on any atom is -0.309 e. The van der Waals surface area contributed by atoms with Crippen molar-refractivity contribution in [2.75, 3.05) is 4.90 Å². The van der Waals surface area contributed by atoms with Gasteiger partial charge in [-0.1, -0.05) is 85.0 Å². The summed E-state index contributed by atoms with van der Waals surface area (Å²) >= 11 is 0. The fourth-order valence-corrected chi connectivity index (χ4v) is 7.62. The van der Waals surface area contributed by atoms with Gasteiger partial charge in [-0.25, -0.2) is 0 Å². The van der Waals surface area contributed by atoms with Gasteiger partial charge in [-0.2, -0.15) is 0 Å². The second kappa shape index (κ2) is 6.43. The quantitative estimate of drug-likeness (QED) is 0.228. The van der Waals surface area contributed by atoms with Gasteiger partial charge < -0.3 is 4.90 Å². The predicted octanol–water partition coefficient (Wildman–Crippen LogP) is 7.92. The fraction of sp³-hybridized carbons (Fsp3) is 0.176. The maximum absolute atomic E-state index is 2.68. The highest BCUT2D eigenvalue weighted by atomic mass is 15.2. The van der Waals surface area contributed by atoms with Crippen molar-refractivity contribution >= 4 is 17.1 Å². The van der Waals surface area contributed by atoms with Gasteiger partial charge in [-0.15, -0.1) is 0 Å². The first-order valence-corrected chi connectivity index (χ1v) is 13.0. The van der Waals surface area contributed by atoms with Crippen molar-refractivity contribution in [2.45, 2.75) is 31.6 Å². The molecule has 35 heavy (non-hydrogen) atoms. The van der Waals surface area contributed by atoms with Gasteiger partial charge in [0.2, 0.25) is 0 Å². The van der Waals surface area contributed by atoms with Gasteiger partial charge in [-0.3, -0.25) is 0 Å². The lowest BCUT2D eigenvalue weighted by Gasteiger charge is -2.41. The summed E-state index contributed by atoms with van der Waals surface area (Å²) < 4.78 is 0. The van der Waals surface area contributed by atoms with Gasteiger partial charge in [-0.05, 0) is 80.5 Å². The molecule has 0 saturated carbocycles. The molecule has 4 aromatic rings. The maximum atomic E-state index is 2.68. The molecule has 4 aromatic carbocycles. The Kier molecular flexibility index (Phi) is 3.39. The molecule has 0 amide bonds. The molecule has 2 atom stereocenters. The minimum absolute atomic E-state index is 0.485. The summed E-state index contributed by atoms with van der Waals surface area (Å²) in [7, 11) is 0. The molecular weight excluding hydrogens is 422 g/mol. The monoisotopic (exact) mass is 447 g/mol. The van der Waals surface area contributed by atoms with Crippen molar-refractivity contribution in [3.8, 4) is 11.1 Å². The van der Waals surface area contributed by atoms with Crippen LogP contribution in [0.5, 0.6) is 0 Å². The zero-order valence-corrected chi connectivity index (χ0v) is 19.6. The topological polar surface area (TPSA) is 3.24 Å². The molecule has 2 unspecified atom stereocenters. The number of benzene rings is 4. The average Bonchev–Trinajstić information content (AvgIpc) is 3.45. The van der Waals surface area contributed by atoms with Crippen LogP contribution >= 0.6 is 0 Å². The van der Waals surface area contributed by atoms with Crippen LogP contribution in [-0.2, 0) is 25.7 Å². The van der Waals surface area contributed by atoms with E-state index in [4.69, 9.17) is 0 Å². The molecule has 2 aliphatic heterocycles. The highest BCUT2D eigenvalue weighted by Crippen LogP contribution is 2.57. The molecule has 0 saturated heterocycles. The van der Waals surface area contributed by atoms with E-state index >= 15 is 0 Å². The Morgan fingerprint density at radius 1 is 0.571 bits per heavy atom. The van der Waals surface area contributed by atoms with E-state index in [0.29, 0.717) is 11.8 Å². The number of nitrogens with zero attached hydrogens (tertiary/aromatic N) is 1. The van der Waals surface area contributed by atoms with Crippen LogP contribution in [0.15, 0.2) is 91.0 Å². The first-order valence-electron chi connectivity index (χ1n) is 13.0. The van der Waals surface area contributed by atoms with Crippen molar-refractivity contribution in [3.63, 3.8) is 0 Å². The summed E-state index contributed by atoms with van der Waals surface area (Å²) in [4.78, 5) is 2.68. The summed E-state index contributed by atoms with van der Waals surface area (Å²) in [6, 6.07) is 25.8. The Bertz CT molecular complexity index is 1670. The zero-order chi connectivity index (χ0) is 22.7. The molecule has 1 nitrogen and oxygen atoms in total. The smallest absolute Gasteiger partial charge is 0.0538 e. The van der Waals surface area contributed by atoms with Crippen molar-refractivity contribution in [2.24, 2.45) is 5.92 Å². The average molecular weight is 448 g/mol. The van der Waals surface area contributed by atoms with Crippen molar-refractivity contribution < 1.29 is 0 Å². The lowest BCUT2D eigenvalue weighted by molar-refractivity contribution is 0.630. The Morgan fingerprint density at radius 2 is 1.31 bits per heavy atom. The van der Waals surface area contributed by atoms with E-state index in [2.05, 4.69) is 95.9 Å². The first kappa shape index (κ1) is 18.5. The van der Waals surface area contributed by atoms with Crippen LogP contribution in [0.25, 0.3) is 11.1 Å². The van der Waals surface area contributed by atoms with Crippen molar-refractivity contribution in [1.82, 2.24) is 0 Å². The molecular formula is C34H25N. The van der Waals surface area contributed by atoms with E-state index in [9.17, 15) is 0 Å². The first-order chi connectivity index (χ1) is 17.3. The molecule has 0 radical (unpaired) electrons. The van der Waals surface area contributed by atoms with E-state index in [1.54, 1.807) is 5.56 Å². The van der Waals surface area contributed by atoms with Crippen LogP contribution in [-0.4, -0.2) is 0 Å². The largest absolute Gasteiger partial charge is 0.309 e. The summed E-state index contributed by atoms with van der Waals surface area (Å²) in [6.07, 6.45) is 13.6. The molecule has 0 fully saturated rings. The Balaban J connectivity index is 1.34. The van der Waals surface area contributed by atoms with Crippen LogP contribution in [0.3, 0.4) is 0 Å². The maximum Gasteiger partial charge on any atom is 0.0538 e. The van der Waals surface area contributed by atoms with Crippen LogP contribution < -0.4 is 4.90 Å². The standard InChI is InChI=1S/C34H25N/c1-3-10-28-20(6-1)15-26-18-27-17-24-9-5-8-23-16-25-13-12-22-14-21-7-2-4-11-29(21)32(22)34(25)35(33(23)24)31(27)19-30(26)28/h1-13,18-19,21,29H,14-17H2. The minimum atomic E-state index is 0.485. The van der Waals surface area contributed by atoms with Gasteiger partial charge in [0, 0.05) is 18.8 Å². The zero-order valence-electron chi connectivity index (χ0n) is 19.6. The van der Waals surface area contributed by atoms with Gasteiger partial charge >= 0.3 is 0 Å². The molecule has 9 rings (SSSR count). The predicted molar refractivity (Wildman–Crippen MR) is 143 cm³/mol. The van der Waals surface area contributed by atoms with Crippen LogP contribution in [0.2, 0.25) is 0 Å². The lowest BCUT2D eigenvalue weighted by atomic mass is 9.81.